The van der Waals surface area contributed by atoms with Gasteiger partial charge in [-0.1, -0.05) is 17.7 Å². The molecule has 2 heterocycles. The van der Waals surface area contributed by atoms with Gasteiger partial charge >= 0.3 is 5.97 Å². The second kappa shape index (κ2) is 12.7. The van der Waals surface area contributed by atoms with Gasteiger partial charge in [0.05, 0.1) is 26.0 Å². The third kappa shape index (κ3) is 7.51. The minimum atomic E-state index is -0.441. The Bertz CT molecular complexity index is 1290. The average Bonchev–Trinajstić information content (AvgIpc) is 2.87. The monoisotopic (exact) mass is 589 g/mol. The first-order valence-electron chi connectivity index (χ1n) is 11.5. The maximum atomic E-state index is 11.4. The number of nitrogens with zero attached hydrogens (tertiary/aromatic N) is 5. The third-order valence-corrected chi connectivity index (χ3v) is 5.90. The summed E-state index contributed by atoms with van der Waals surface area (Å²) in [6, 6.07) is 10.6. The highest BCUT2D eigenvalue weighted by molar-refractivity contribution is 9.10. The van der Waals surface area contributed by atoms with Gasteiger partial charge < -0.3 is 24.4 Å². The van der Waals surface area contributed by atoms with E-state index >= 15 is 0 Å². The lowest BCUT2D eigenvalue weighted by molar-refractivity contribution is -0.132. The van der Waals surface area contributed by atoms with Gasteiger partial charge in [-0.05, 0) is 53.2 Å². The quantitative estimate of drug-likeness (QED) is 0.158. The number of ether oxygens (including phenoxy) is 3. The first-order valence-corrected chi connectivity index (χ1v) is 12.6. The summed E-state index contributed by atoms with van der Waals surface area (Å²) in [5.41, 5.74) is 4.30. The van der Waals surface area contributed by atoms with Crippen molar-refractivity contribution in [3.05, 3.63) is 51.5 Å². The molecule has 3 aromatic rings. The Hall–Kier alpha value is -3.48. The van der Waals surface area contributed by atoms with Crippen molar-refractivity contribution in [2.75, 3.05) is 48.6 Å². The van der Waals surface area contributed by atoms with Crippen molar-refractivity contribution in [1.82, 2.24) is 15.0 Å². The molecule has 0 amide bonds. The number of rotatable bonds is 9. The van der Waals surface area contributed by atoms with E-state index in [1.54, 1.807) is 30.5 Å². The Balaban J connectivity index is 1.58. The fraction of sp³-hybridized carbons (Fsp3) is 0.292. The van der Waals surface area contributed by atoms with E-state index in [1.165, 1.54) is 6.92 Å². The number of hydrogen-bond donors (Lipinski definition) is 2. The Morgan fingerprint density at radius 3 is 2.70 bits per heavy atom. The lowest BCUT2D eigenvalue weighted by Gasteiger charge is -2.27. The summed E-state index contributed by atoms with van der Waals surface area (Å²) in [5, 5.41) is 8.05. The van der Waals surface area contributed by atoms with Crippen molar-refractivity contribution < 1.29 is 19.0 Å². The first-order chi connectivity index (χ1) is 17.9. The summed E-state index contributed by atoms with van der Waals surface area (Å²) in [5.74, 6) is 1.37. The molecule has 0 saturated carbocycles. The number of hydrazone groups is 1. The molecule has 37 heavy (non-hydrogen) atoms. The summed E-state index contributed by atoms with van der Waals surface area (Å²) in [6.45, 7) is 6.07. The predicted molar refractivity (Wildman–Crippen MR) is 145 cm³/mol. The number of carbonyl (C=O) groups is 1. The number of esters is 1. The van der Waals surface area contributed by atoms with Crippen molar-refractivity contribution in [1.29, 1.82) is 0 Å². The van der Waals surface area contributed by atoms with E-state index in [-0.39, 0.29) is 5.95 Å². The molecular weight excluding hydrogens is 566 g/mol. The molecule has 0 unspecified atom stereocenters. The number of aromatic nitrogens is 3. The Morgan fingerprint density at radius 2 is 1.97 bits per heavy atom. The Morgan fingerprint density at radius 1 is 1.19 bits per heavy atom. The zero-order valence-corrected chi connectivity index (χ0v) is 22.5. The lowest BCUT2D eigenvalue weighted by Crippen LogP contribution is -2.37. The Kier molecular flexibility index (Phi) is 9.09. The van der Waals surface area contributed by atoms with Gasteiger partial charge in [0.15, 0.2) is 11.5 Å². The predicted octanol–water partition coefficient (Wildman–Crippen LogP) is 4.64. The highest BCUT2D eigenvalue weighted by Gasteiger charge is 2.17. The molecule has 2 aromatic carbocycles. The molecule has 1 aromatic heterocycles. The zero-order chi connectivity index (χ0) is 26.2. The smallest absolute Gasteiger partial charge is 0.308 e. The molecule has 0 atom stereocenters. The molecule has 1 aliphatic rings. The molecule has 1 fully saturated rings. The minimum absolute atomic E-state index is 0.245. The van der Waals surface area contributed by atoms with Gasteiger partial charge in [0.1, 0.15) is 0 Å². The standard InChI is InChI=1S/C24H25BrClN7O4/c1-3-36-20-11-16(19(25)13-21(20)37-15(2)34)14-27-32-23-29-22(28-18-6-4-5-17(26)12-18)30-24(31-23)33-7-9-35-10-8-33/h4-6,11-14H,3,7-10H2,1-2H3,(H2,28,29,30,31,32)/b27-14-. The number of hydrogen-bond acceptors (Lipinski definition) is 11. The van der Waals surface area contributed by atoms with Crippen LogP contribution >= 0.6 is 27.5 Å². The van der Waals surface area contributed by atoms with Gasteiger partial charge in [-0.2, -0.15) is 20.1 Å². The maximum absolute atomic E-state index is 11.4. The van der Waals surface area contributed by atoms with Crippen LogP contribution in [0, 0.1) is 0 Å². The second-order valence-corrected chi connectivity index (χ2v) is 9.03. The summed E-state index contributed by atoms with van der Waals surface area (Å²) in [6.07, 6.45) is 1.58. The fourth-order valence-electron chi connectivity index (χ4n) is 3.38. The largest absolute Gasteiger partial charge is 0.490 e. The SMILES string of the molecule is CCOc1cc(/C=N\Nc2nc(Nc3cccc(Cl)c3)nc(N3CCOCC3)n2)c(Br)cc1OC(C)=O. The molecule has 2 N–H and O–H groups in total. The van der Waals surface area contributed by atoms with Crippen molar-refractivity contribution in [2.24, 2.45) is 5.10 Å². The van der Waals surface area contributed by atoms with E-state index < -0.39 is 5.97 Å². The van der Waals surface area contributed by atoms with E-state index in [0.717, 1.165) is 5.69 Å². The number of benzene rings is 2. The molecule has 0 radical (unpaired) electrons. The molecule has 13 heteroatoms. The Labute approximate surface area is 227 Å². The van der Waals surface area contributed by atoms with Gasteiger partial charge in [0, 0.05) is 40.8 Å². The molecule has 1 aliphatic heterocycles. The molecule has 11 nitrogen and oxygen atoms in total. The number of morpholine rings is 1. The summed E-state index contributed by atoms with van der Waals surface area (Å²) >= 11 is 9.60. The fourth-order valence-corrected chi connectivity index (χ4v) is 4.00. The third-order valence-electron chi connectivity index (χ3n) is 4.98. The van der Waals surface area contributed by atoms with Gasteiger partial charge in [0.25, 0.3) is 0 Å². The molecule has 0 spiro atoms. The summed E-state index contributed by atoms with van der Waals surface area (Å²) in [4.78, 5) is 27.0. The van der Waals surface area contributed by atoms with Gasteiger partial charge in [-0.25, -0.2) is 5.43 Å². The number of halogens is 2. The molecule has 0 bridgehead atoms. The summed E-state index contributed by atoms with van der Waals surface area (Å²) in [7, 11) is 0. The molecule has 194 valence electrons. The first kappa shape index (κ1) is 26.6. The lowest BCUT2D eigenvalue weighted by atomic mass is 10.2. The van der Waals surface area contributed by atoms with Crippen LogP contribution in [-0.2, 0) is 9.53 Å². The van der Waals surface area contributed by atoms with Gasteiger partial charge in [-0.15, -0.1) is 0 Å². The molecular formula is C24H25BrClN7O4. The van der Waals surface area contributed by atoms with E-state index in [0.29, 0.717) is 71.4 Å². The number of nitrogens with one attached hydrogen (secondary N) is 2. The minimum Gasteiger partial charge on any atom is -0.490 e. The molecule has 4 rings (SSSR count). The van der Waals surface area contributed by atoms with Gasteiger partial charge in [0.2, 0.25) is 17.8 Å². The highest BCUT2D eigenvalue weighted by Crippen LogP contribution is 2.33. The van der Waals surface area contributed by atoms with Crippen molar-refractivity contribution >= 4 is 63.2 Å². The summed E-state index contributed by atoms with van der Waals surface area (Å²) < 4.78 is 17.0. The van der Waals surface area contributed by atoms with Crippen LogP contribution in [0.15, 0.2) is 46.0 Å². The normalized spacial score (nSPS) is 13.5. The van der Waals surface area contributed by atoms with Crippen LogP contribution in [0.4, 0.5) is 23.5 Å². The van der Waals surface area contributed by atoms with Crippen molar-refractivity contribution in [3.8, 4) is 11.5 Å². The zero-order valence-electron chi connectivity index (χ0n) is 20.2. The van der Waals surface area contributed by atoms with Crippen molar-refractivity contribution in [2.45, 2.75) is 13.8 Å². The molecule has 1 saturated heterocycles. The van der Waals surface area contributed by atoms with Crippen LogP contribution < -0.4 is 25.1 Å². The van der Waals surface area contributed by atoms with E-state index in [9.17, 15) is 4.79 Å². The number of carbonyl (C=O) groups excluding carboxylic acids is 1. The van der Waals surface area contributed by atoms with E-state index in [1.807, 2.05) is 24.0 Å². The average molecular weight is 591 g/mol. The van der Waals surface area contributed by atoms with Crippen LogP contribution in [0.2, 0.25) is 5.02 Å². The number of anilines is 4. The van der Waals surface area contributed by atoms with E-state index in [4.69, 9.17) is 25.8 Å². The van der Waals surface area contributed by atoms with Crippen LogP contribution in [-0.4, -0.2) is 60.0 Å². The van der Waals surface area contributed by atoms with Crippen LogP contribution in [0.5, 0.6) is 11.5 Å². The second-order valence-electron chi connectivity index (χ2n) is 7.73. The van der Waals surface area contributed by atoms with Crippen molar-refractivity contribution in [3.63, 3.8) is 0 Å². The van der Waals surface area contributed by atoms with Crippen LogP contribution in [0.3, 0.4) is 0 Å². The van der Waals surface area contributed by atoms with E-state index in [2.05, 4.69) is 46.7 Å². The maximum Gasteiger partial charge on any atom is 0.308 e. The molecule has 0 aliphatic carbocycles. The van der Waals surface area contributed by atoms with Crippen LogP contribution in [0.25, 0.3) is 0 Å². The van der Waals surface area contributed by atoms with Crippen LogP contribution in [0.1, 0.15) is 19.4 Å². The highest BCUT2D eigenvalue weighted by atomic mass is 79.9. The topological polar surface area (TPSA) is 123 Å². The van der Waals surface area contributed by atoms with Gasteiger partial charge in [-0.3, -0.25) is 4.79 Å².